The number of fused-ring (bicyclic) bond motifs is 1. The molecule has 1 aliphatic heterocycles. The summed E-state index contributed by atoms with van der Waals surface area (Å²) < 4.78 is 13.7. The minimum absolute atomic E-state index is 0.0689. The van der Waals surface area contributed by atoms with Crippen LogP contribution in [0.25, 0.3) is 0 Å². The van der Waals surface area contributed by atoms with E-state index >= 15 is 0 Å². The van der Waals surface area contributed by atoms with Crippen molar-refractivity contribution in [1.29, 1.82) is 0 Å². The number of nitrogens with two attached hydrogens (primary N) is 1. The van der Waals surface area contributed by atoms with Crippen LogP contribution in [-0.4, -0.2) is 25.5 Å². The van der Waals surface area contributed by atoms with Crippen molar-refractivity contribution in [2.45, 2.75) is 26.6 Å². The molecule has 1 aromatic rings. The summed E-state index contributed by atoms with van der Waals surface area (Å²) >= 11 is 0. The summed E-state index contributed by atoms with van der Waals surface area (Å²) in [4.78, 5) is 21.5. The van der Waals surface area contributed by atoms with Crippen LogP contribution < -0.4 is 10.6 Å². The molecule has 0 fully saturated rings. The lowest BCUT2D eigenvalue weighted by Crippen LogP contribution is -2.38. The molecular formula is C14H19FN2O2. The Morgan fingerprint density at radius 3 is 2.63 bits per heavy atom. The first-order valence-electron chi connectivity index (χ1n) is 6.11. The number of hydrogen-bond donors (Lipinski definition) is 1. The van der Waals surface area contributed by atoms with E-state index in [9.17, 15) is 9.18 Å². The van der Waals surface area contributed by atoms with Gasteiger partial charge in [-0.2, -0.15) is 0 Å². The first-order valence-corrected chi connectivity index (χ1v) is 6.11. The summed E-state index contributed by atoms with van der Waals surface area (Å²) in [5.41, 5.74) is 7.53. The first-order chi connectivity index (χ1) is 8.92. The Hall–Kier alpha value is -1.91. The lowest BCUT2D eigenvalue weighted by Gasteiger charge is -2.35. The van der Waals surface area contributed by atoms with Crippen LogP contribution in [0.4, 0.5) is 10.1 Å². The van der Waals surface area contributed by atoms with Gasteiger partial charge < -0.3 is 15.4 Å². The quantitative estimate of drug-likeness (QED) is 0.624. The normalized spacial score (nSPS) is 20.9. The molecule has 1 aromatic carbocycles. The molecule has 1 aliphatic rings. The number of carbonyl (C=O) groups excluding carboxylic acids is 2. The van der Waals surface area contributed by atoms with Crippen LogP contribution >= 0.6 is 0 Å². The highest BCUT2D eigenvalue weighted by molar-refractivity contribution is 5.93. The average molecular weight is 266 g/mol. The molecule has 5 heteroatoms. The van der Waals surface area contributed by atoms with Gasteiger partial charge in [-0.3, -0.25) is 4.79 Å². The smallest absolute Gasteiger partial charge is 0.248 e. The van der Waals surface area contributed by atoms with Gasteiger partial charge in [-0.1, -0.05) is 6.92 Å². The van der Waals surface area contributed by atoms with Crippen molar-refractivity contribution in [2.24, 2.45) is 11.7 Å². The monoisotopic (exact) mass is 266 g/mol. The number of carbonyl (C=O) groups is 2. The van der Waals surface area contributed by atoms with Gasteiger partial charge in [-0.15, -0.1) is 0 Å². The number of nitrogens with zero attached hydrogens (tertiary/aromatic N) is 1. The Morgan fingerprint density at radius 1 is 1.53 bits per heavy atom. The lowest BCUT2D eigenvalue weighted by atomic mass is 9.92. The zero-order valence-electron chi connectivity index (χ0n) is 11.4. The van der Waals surface area contributed by atoms with E-state index in [0.29, 0.717) is 12.0 Å². The highest BCUT2D eigenvalue weighted by Gasteiger charge is 2.29. The second-order valence-corrected chi connectivity index (χ2v) is 4.61. The first kappa shape index (κ1) is 15.1. The number of anilines is 1. The summed E-state index contributed by atoms with van der Waals surface area (Å²) in [5, 5.41) is 0. The summed E-state index contributed by atoms with van der Waals surface area (Å²) in [6.07, 6.45) is 0.425. The van der Waals surface area contributed by atoms with Gasteiger partial charge in [-0.05, 0) is 37.1 Å². The largest absolute Gasteiger partial charge is 0.366 e. The molecule has 0 bridgehead atoms. The maximum atomic E-state index is 13.7. The Morgan fingerprint density at radius 2 is 2.11 bits per heavy atom. The third-order valence-electron chi connectivity index (χ3n) is 3.13. The van der Waals surface area contributed by atoms with Crippen molar-refractivity contribution in [3.63, 3.8) is 0 Å². The number of aldehydes is 1. The zero-order chi connectivity index (χ0) is 14.6. The van der Waals surface area contributed by atoms with Crippen molar-refractivity contribution in [2.75, 3.05) is 11.9 Å². The number of alkyl halides is 1. The maximum absolute atomic E-state index is 13.7. The molecule has 0 radical (unpaired) electrons. The average Bonchev–Trinajstić information content (AvgIpc) is 2.36. The van der Waals surface area contributed by atoms with E-state index in [1.165, 1.54) is 6.92 Å². The summed E-state index contributed by atoms with van der Waals surface area (Å²) in [5.74, 6) is -0.513. The van der Waals surface area contributed by atoms with Gasteiger partial charge in [0.25, 0.3) is 0 Å². The van der Waals surface area contributed by atoms with Gasteiger partial charge in [-0.25, -0.2) is 4.39 Å². The van der Waals surface area contributed by atoms with Crippen molar-refractivity contribution >= 4 is 17.9 Å². The van der Waals surface area contributed by atoms with E-state index in [0.717, 1.165) is 17.5 Å². The van der Waals surface area contributed by atoms with Crippen LogP contribution in [0, 0.1) is 5.92 Å². The zero-order valence-corrected chi connectivity index (χ0v) is 11.4. The van der Waals surface area contributed by atoms with E-state index < -0.39 is 12.2 Å². The van der Waals surface area contributed by atoms with E-state index in [4.69, 9.17) is 10.5 Å². The Bertz CT molecular complexity index is 477. The van der Waals surface area contributed by atoms with Crippen molar-refractivity contribution in [1.82, 2.24) is 0 Å². The Labute approximate surface area is 112 Å². The Kier molecular flexibility index (Phi) is 5.03. The van der Waals surface area contributed by atoms with Crippen molar-refractivity contribution < 1.29 is 14.0 Å². The number of primary amides is 1. The van der Waals surface area contributed by atoms with Crippen molar-refractivity contribution in [3.8, 4) is 0 Å². The van der Waals surface area contributed by atoms with Crippen LogP contribution in [0.3, 0.4) is 0 Å². The van der Waals surface area contributed by atoms with Crippen molar-refractivity contribution in [3.05, 3.63) is 29.3 Å². The standard InChI is InChI=1S/C12H15FN2O.C2H4O/c1-7-5-9-6-8(12(14)16)3-4-10(9)15(2)11(7)13;1-2-3/h3-4,6-7,11H,5H2,1-2H3,(H2,14,16);2H,1H3/t7?,11-;/m1./s1. The fourth-order valence-electron chi connectivity index (χ4n) is 2.21. The topological polar surface area (TPSA) is 63.4 Å². The summed E-state index contributed by atoms with van der Waals surface area (Å²) in [6.45, 7) is 3.31. The molecule has 4 nitrogen and oxygen atoms in total. The molecule has 2 rings (SSSR count). The SMILES string of the molecule is CC1Cc2cc(C(N)=O)ccc2N(C)[C@H]1F.CC=O. The molecule has 2 N–H and O–H groups in total. The number of rotatable bonds is 1. The molecule has 104 valence electrons. The predicted molar refractivity (Wildman–Crippen MR) is 72.9 cm³/mol. The van der Waals surface area contributed by atoms with E-state index in [1.54, 1.807) is 30.1 Å². The second kappa shape index (κ2) is 6.31. The predicted octanol–water partition coefficient (Wildman–Crippen LogP) is 1.91. The molecule has 0 spiro atoms. The molecule has 0 saturated heterocycles. The molecule has 0 saturated carbocycles. The number of benzene rings is 1. The van der Waals surface area contributed by atoms with E-state index in [1.807, 2.05) is 6.92 Å². The van der Waals surface area contributed by atoms with Crippen LogP contribution in [-0.2, 0) is 11.2 Å². The van der Waals surface area contributed by atoms with Crippen LogP contribution in [0.1, 0.15) is 29.8 Å². The number of amides is 1. The van der Waals surface area contributed by atoms with Gasteiger partial charge in [0, 0.05) is 24.2 Å². The van der Waals surface area contributed by atoms with Crippen LogP contribution in [0.5, 0.6) is 0 Å². The molecule has 1 unspecified atom stereocenters. The minimum Gasteiger partial charge on any atom is -0.366 e. The minimum atomic E-state index is -0.966. The second-order valence-electron chi connectivity index (χ2n) is 4.61. The molecule has 0 aliphatic carbocycles. The molecule has 1 heterocycles. The van der Waals surface area contributed by atoms with E-state index in [2.05, 4.69) is 0 Å². The lowest BCUT2D eigenvalue weighted by molar-refractivity contribution is -0.106. The van der Waals surface area contributed by atoms with Crippen LogP contribution in [0.2, 0.25) is 0 Å². The highest BCUT2D eigenvalue weighted by atomic mass is 19.1. The van der Waals surface area contributed by atoms with Gasteiger partial charge >= 0.3 is 0 Å². The number of halogens is 1. The van der Waals surface area contributed by atoms with Gasteiger partial charge in [0.2, 0.25) is 5.91 Å². The molecular weight excluding hydrogens is 247 g/mol. The highest BCUT2D eigenvalue weighted by Crippen LogP contribution is 2.33. The van der Waals surface area contributed by atoms with E-state index in [-0.39, 0.29) is 5.92 Å². The molecule has 1 amide bonds. The summed E-state index contributed by atoms with van der Waals surface area (Å²) in [6, 6.07) is 5.16. The van der Waals surface area contributed by atoms with Gasteiger partial charge in [0.05, 0.1) is 0 Å². The number of hydrogen-bond acceptors (Lipinski definition) is 3. The molecule has 19 heavy (non-hydrogen) atoms. The van der Waals surface area contributed by atoms with Gasteiger partial charge in [0.15, 0.2) is 6.30 Å². The maximum Gasteiger partial charge on any atom is 0.248 e. The Balaban J connectivity index is 0.000000550. The third-order valence-corrected chi connectivity index (χ3v) is 3.13. The third kappa shape index (κ3) is 3.30. The van der Waals surface area contributed by atoms with Crippen LogP contribution in [0.15, 0.2) is 18.2 Å². The fourth-order valence-corrected chi connectivity index (χ4v) is 2.21. The molecule has 2 atom stereocenters. The fraction of sp³-hybridized carbons (Fsp3) is 0.429. The van der Waals surface area contributed by atoms with Gasteiger partial charge in [0.1, 0.15) is 6.29 Å². The summed E-state index contributed by atoms with van der Waals surface area (Å²) in [7, 11) is 1.73. The molecule has 0 aromatic heterocycles.